The molecule has 12 nitrogen and oxygen atoms in total. The zero-order valence-corrected chi connectivity index (χ0v) is 32.8. The lowest BCUT2D eigenvalue weighted by Crippen LogP contribution is -2.39. The van der Waals surface area contributed by atoms with Crippen molar-refractivity contribution in [1.29, 1.82) is 0 Å². The number of aromatic carboxylic acids is 1. The van der Waals surface area contributed by atoms with Gasteiger partial charge in [-0.3, -0.25) is 14.4 Å². The molecule has 4 aromatic carbocycles. The first-order valence-electron chi connectivity index (χ1n) is 18.6. The van der Waals surface area contributed by atoms with Crippen molar-refractivity contribution >= 4 is 62.5 Å². The minimum atomic E-state index is -1.15. The highest BCUT2D eigenvalue weighted by Gasteiger charge is 2.28. The Hall–Kier alpha value is -6.83. The zero-order chi connectivity index (χ0) is 41.1. The number of thiocarbonyl (C=S) groups is 1. The highest BCUT2D eigenvalue weighted by Crippen LogP contribution is 2.42. The van der Waals surface area contributed by atoms with Gasteiger partial charge in [-0.15, -0.1) is 0 Å². The number of amides is 1. The Morgan fingerprint density at radius 2 is 1.69 bits per heavy atom. The third kappa shape index (κ3) is 7.77. The van der Waals surface area contributed by atoms with Crippen LogP contribution in [0.4, 0.5) is 11.4 Å². The molecule has 0 saturated carbocycles. The summed E-state index contributed by atoms with van der Waals surface area (Å²) in [5, 5.41) is 29.2. The highest BCUT2D eigenvalue weighted by molar-refractivity contribution is 7.80. The van der Waals surface area contributed by atoms with Crippen molar-refractivity contribution in [2.75, 3.05) is 36.5 Å². The Balaban J connectivity index is 1.02. The number of hydrogen-bond acceptors (Lipinski definition) is 8. The maximum atomic E-state index is 14.1. The lowest BCUT2D eigenvalue weighted by molar-refractivity contribution is 0.0697. The van der Waals surface area contributed by atoms with E-state index >= 15 is 0 Å². The van der Waals surface area contributed by atoms with E-state index in [4.69, 9.17) is 21.4 Å². The SMILES string of the molecule is CCc1cccc2c1c(O)c(C(=O)N(CCOCCNC(=S)Nc1ccc(-c3c4ccc(=O)cc-4oc4cc(C)ccc34)c(C(=O)O)c1)c1ccccc1)c(=O)n2C. The van der Waals surface area contributed by atoms with Crippen LogP contribution in [0.5, 0.6) is 5.75 Å². The van der Waals surface area contributed by atoms with Gasteiger partial charge in [0, 0.05) is 59.5 Å². The molecule has 1 amide bonds. The van der Waals surface area contributed by atoms with Crippen molar-refractivity contribution in [3.63, 3.8) is 0 Å². The van der Waals surface area contributed by atoms with Gasteiger partial charge >= 0.3 is 5.97 Å². The van der Waals surface area contributed by atoms with E-state index in [1.165, 1.54) is 27.7 Å². The summed E-state index contributed by atoms with van der Waals surface area (Å²) in [5.74, 6) is -1.78. The van der Waals surface area contributed by atoms with E-state index in [-0.39, 0.29) is 53.7 Å². The third-order valence-corrected chi connectivity index (χ3v) is 10.3. The summed E-state index contributed by atoms with van der Waals surface area (Å²) in [6.07, 6.45) is 0.599. The van der Waals surface area contributed by atoms with Gasteiger partial charge in [0.25, 0.3) is 11.5 Å². The largest absolute Gasteiger partial charge is 0.506 e. The second-order valence-electron chi connectivity index (χ2n) is 13.7. The highest BCUT2D eigenvalue weighted by atomic mass is 32.1. The normalized spacial score (nSPS) is 11.2. The minimum Gasteiger partial charge on any atom is -0.506 e. The van der Waals surface area contributed by atoms with Crippen LogP contribution in [-0.4, -0.2) is 58.1 Å². The standard InChI is InChI=1S/C45H40N4O8S/c1-4-27-9-8-12-35-38(27)41(51)40(42(52)48(35)3)43(53)49(29-10-6-5-7-11-29)20-22-56-21-19-46-45(58)47-28-14-17-31(34(24-28)44(54)55)39-32-16-13-26(2)23-36(32)57-37-25-30(50)15-18-33(37)39/h5-18,23-25,51H,4,19-22H2,1-3H3,(H,54,55)(H2,46,47,58). The number of anilines is 2. The van der Waals surface area contributed by atoms with Crippen molar-refractivity contribution in [2.45, 2.75) is 20.3 Å². The van der Waals surface area contributed by atoms with Crippen LogP contribution in [-0.2, 0) is 18.2 Å². The summed E-state index contributed by atoms with van der Waals surface area (Å²) < 4.78 is 13.3. The fourth-order valence-corrected chi connectivity index (χ4v) is 7.40. The molecule has 5 aromatic rings. The third-order valence-electron chi connectivity index (χ3n) is 10.0. The number of aromatic nitrogens is 1. The number of nitrogens with zero attached hydrogens (tertiary/aromatic N) is 2. The molecule has 7 rings (SSSR count). The summed E-state index contributed by atoms with van der Waals surface area (Å²) >= 11 is 5.50. The van der Waals surface area contributed by atoms with E-state index in [0.29, 0.717) is 62.1 Å². The molecule has 0 unspecified atom stereocenters. The summed E-state index contributed by atoms with van der Waals surface area (Å²) in [5.41, 5.74) is 4.37. The molecule has 0 atom stereocenters. The number of para-hydroxylation sites is 1. The smallest absolute Gasteiger partial charge is 0.336 e. The first-order chi connectivity index (χ1) is 28.0. The summed E-state index contributed by atoms with van der Waals surface area (Å²) in [4.78, 5) is 53.8. The number of fused-ring (bicyclic) bond motifs is 3. The molecule has 2 heterocycles. The van der Waals surface area contributed by atoms with Crippen molar-refractivity contribution in [2.24, 2.45) is 7.05 Å². The average molecular weight is 797 g/mol. The van der Waals surface area contributed by atoms with Crippen LogP contribution in [0.1, 0.15) is 38.8 Å². The molecule has 0 bridgehead atoms. The molecular formula is C45H40N4O8S. The average Bonchev–Trinajstić information content (AvgIpc) is 3.21. The van der Waals surface area contributed by atoms with Gasteiger partial charge in [0.05, 0.1) is 24.3 Å². The molecule has 0 saturated heterocycles. The van der Waals surface area contributed by atoms with Crippen molar-refractivity contribution in [3.05, 3.63) is 146 Å². The van der Waals surface area contributed by atoms with Crippen LogP contribution >= 0.6 is 12.2 Å². The number of nitrogens with one attached hydrogen (secondary N) is 2. The summed E-state index contributed by atoms with van der Waals surface area (Å²) in [7, 11) is 1.58. The predicted octanol–water partition coefficient (Wildman–Crippen LogP) is 7.34. The van der Waals surface area contributed by atoms with Gasteiger partial charge < -0.3 is 39.5 Å². The Morgan fingerprint density at radius 3 is 2.45 bits per heavy atom. The first-order valence-corrected chi connectivity index (χ1v) is 19.1. The number of pyridine rings is 1. The van der Waals surface area contributed by atoms with Gasteiger partial charge in [0.15, 0.2) is 10.5 Å². The van der Waals surface area contributed by atoms with E-state index in [1.807, 2.05) is 50.2 Å². The van der Waals surface area contributed by atoms with Gasteiger partial charge in [-0.25, -0.2) is 4.79 Å². The fraction of sp³-hybridized carbons (Fsp3) is 0.178. The Bertz CT molecular complexity index is 2820. The van der Waals surface area contributed by atoms with Crippen LogP contribution in [0.3, 0.4) is 0 Å². The van der Waals surface area contributed by atoms with Gasteiger partial charge in [0.1, 0.15) is 22.7 Å². The van der Waals surface area contributed by atoms with Crippen molar-refractivity contribution < 1.29 is 29.0 Å². The number of carboxylic acid groups (broad SMARTS) is 1. The molecule has 1 aliphatic carbocycles. The lowest BCUT2D eigenvalue weighted by atomic mass is 9.90. The molecule has 2 aliphatic rings. The fourth-order valence-electron chi connectivity index (χ4n) is 7.18. The van der Waals surface area contributed by atoms with E-state index < -0.39 is 17.4 Å². The number of carbonyl (C=O) groups excluding carboxylic acids is 1. The molecule has 294 valence electrons. The predicted molar refractivity (Wildman–Crippen MR) is 230 cm³/mol. The topological polar surface area (TPSA) is 163 Å². The molecular weight excluding hydrogens is 757 g/mol. The molecule has 1 aliphatic heterocycles. The second kappa shape index (κ2) is 16.7. The maximum absolute atomic E-state index is 14.1. The van der Waals surface area contributed by atoms with Crippen LogP contribution in [0, 0.1) is 6.92 Å². The van der Waals surface area contributed by atoms with Gasteiger partial charge in [-0.05, 0) is 90.8 Å². The van der Waals surface area contributed by atoms with Crippen LogP contribution in [0.15, 0.2) is 117 Å². The molecule has 0 fully saturated rings. The maximum Gasteiger partial charge on any atom is 0.336 e. The number of carboxylic acids is 1. The number of aromatic hydroxyl groups is 1. The minimum absolute atomic E-state index is 0.0230. The van der Waals surface area contributed by atoms with Crippen molar-refractivity contribution in [3.8, 4) is 28.2 Å². The molecule has 13 heteroatoms. The second-order valence-corrected chi connectivity index (χ2v) is 14.1. The Kier molecular flexibility index (Phi) is 11.4. The van der Waals surface area contributed by atoms with E-state index in [9.17, 15) is 29.4 Å². The van der Waals surface area contributed by atoms with E-state index in [2.05, 4.69) is 10.6 Å². The van der Waals surface area contributed by atoms with Gasteiger partial charge in [0.2, 0.25) is 0 Å². The quantitative estimate of drug-likeness (QED) is 0.0556. The zero-order valence-electron chi connectivity index (χ0n) is 32.0. The molecule has 0 radical (unpaired) electrons. The number of carbonyl (C=O) groups is 2. The van der Waals surface area contributed by atoms with E-state index in [0.717, 1.165) is 11.1 Å². The number of ether oxygens (including phenoxy) is 1. The summed E-state index contributed by atoms with van der Waals surface area (Å²) in [6, 6.07) is 29.3. The van der Waals surface area contributed by atoms with Crippen molar-refractivity contribution in [1.82, 2.24) is 9.88 Å². The molecule has 58 heavy (non-hydrogen) atoms. The lowest BCUT2D eigenvalue weighted by Gasteiger charge is -2.24. The number of aryl methyl sites for hydroxylation is 3. The van der Waals surface area contributed by atoms with E-state index in [1.54, 1.807) is 55.6 Å². The first kappa shape index (κ1) is 39.4. The molecule has 0 spiro atoms. The Morgan fingerprint density at radius 1 is 0.914 bits per heavy atom. The van der Waals surface area contributed by atoms with Crippen LogP contribution < -0.4 is 26.5 Å². The van der Waals surface area contributed by atoms with Crippen LogP contribution in [0.2, 0.25) is 0 Å². The number of benzene rings is 5. The van der Waals surface area contributed by atoms with Gasteiger partial charge in [-0.1, -0.05) is 55.5 Å². The number of hydrogen-bond donors (Lipinski definition) is 4. The van der Waals surface area contributed by atoms with Crippen LogP contribution in [0.25, 0.3) is 44.3 Å². The number of rotatable bonds is 12. The molecule has 1 aromatic heterocycles. The summed E-state index contributed by atoms with van der Waals surface area (Å²) in [6.45, 7) is 4.54. The van der Waals surface area contributed by atoms with Gasteiger partial charge in [-0.2, -0.15) is 0 Å². The monoisotopic (exact) mass is 796 g/mol. The Labute approximate surface area is 338 Å². The molecule has 4 N–H and O–H groups in total.